The molecule has 1 aliphatic rings. The zero-order chi connectivity index (χ0) is 16.9. The van der Waals surface area contributed by atoms with Crippen molar-refractivity contribution in [2.24, 2.45) is 0 Å². The van der Waals surface area contributed by atoms with Gasteiger partial charge in [-0.25, -0.2) is 9.97 Å². The summed E-state index contributed by atoms with van der Waals surface area (Å²) in [6.45, 7) is 4.11. The highest BCUT2D eigenvalue weighted by atomic mass is 35.5. The maximum atomic E-state index is 12.7. The Morgan fingerprint density at radius 2 is 2.21 bits per heavy atom. The molecule has 126 valence electrons. The van der Waals surface area contributed by atoms with E-state index in [1.165, 1.54) is 6.20 Å². The van der Waals surface area contributed by atoms with Gasteiger partial charge in [0.1, 0.15) is 0 Å². The molecular formula is C17H19ClN4O2. The summed E-state index contributed by atoms with van der Waals surface area (Å²) in [7, 11) is 0. The van der Waals surface area contributed by atoms with Gasteiger partial charge in [-0.2, -0.15) is 0 Å². The van der Waals surface area contributed by atoms with Crippen LogP contribution < -0.4 is 5.32 Å². The Balaban J connectivity index is 1.72. The highest BCUT2D eigenvalue weighted by Gasteiger charge is 2.25. The second-order valence-corrected chi connectivity index (χ2v) is 6.07. The fourth-order valence-corrected chi connectivity index (χ4v) is 2.70. The van der Waals surface area contributed by atoms with Crippen LogP contribution in [-0.2, 0) is 11.3 Å². The van der Waals surface area contributed by atoms with Gasteiger partial charge in [0.05, 0.1) is 23.9 Å². The molecule has 0 saturated carbocycles. The SMILES string of the molecule is C[C@H]1CN(C(=O)c2nc(NCc3ccccc3)ncc2Cl)CCO1. The van der Waals surface area contributed by atoms with Crippen LogP contribution in [0.1, 0.15) is 23.0 Å². The average Bonchev–Trinajstić information content (AvgIpc) is 2.61. The van der Waals surface area contributed by atoms with Gasteiger partial charge >= 0.3 is 0 Å². The zero-order valence-corrected chi connectivity index (χ0v) is 14.2. The van der Waals surface area contributed by atoms with Gasteiger partial charge in [0.2, 0.25) is 5.95 Å². The highest BCUT2D eigenvalue weighted by Crippen LogP contribution is 2.18. The second-order valence-electron chi connectivity index (χ2n) is 5.66. The number of nitrogens with zero attached hydrogens (tertiary/aromatic N) is 3. The number of rotatable bonds is 4. The van der Waals surface area contributed by atoms with Crippen LogP contribution in [0, 0.1) is 0 Å². The average molecular weight is 347 g/mol. The van der Waals surface area contributed by atoms with E-state index in [4.69, 9.17) is 16.3 Å². The number of halogens is 1. The summed E-state index contributed by atoms with van der Waals surface area (Å²) in [5.41, 5.74) is 1.32. The lowest BCUT2D eigenvalue weighted by atomic mass is 10.2. The van der Waals surface area contributed by atoms with Crippen molar-refractivity contribution in [1.29, 1.82) is 0 Å². The largest absolute Gasteiger partial charge is 0.375 e. The first-order valence-electron chi connectivity index (χ1n) is 7.84. The van der Waals surface area contributed by atoms with Crippen molar-refractivity contribution in [2.75, 3.05) is 25.0 Å². The van der Waals surface area contributed by atoms with E-state index in [1.807, 2.05) is 37.3 Å². The fraction of sp³-hybridized carbons (Fsp3) is 0.353. The minimum Gasteiger partial charge on any atom is -0.375 e. The van der Waals surface area contributed by atoms with Crippen LogP contribution in [-0.4, -0.2) is 46.6 Å². The molecule has 1 atom stereocenters. The summed E-state index contributed by atoms with van der Waals surface area (Å²) in [5.74, 6) is 0.188. The predicted molar refractivity (Wildman–Crippen MR) is 92.1 cm³/mol. The lowest BCUT2D eigenvalue weighted by Crippen LogP contribution is -2.44. The molecule has 1 fully saturated rings. The highest BCUT2D eigenvalue weighted by molar-refractivity contribution is 6.33. The molecule has 1 aromatic heterocycles. The van der Waals surface area contributed by atoms with E-state index in [0.29, 0.717) is 32.2 Å². The summed E-state index contributed by atoms with van der Waals surface area (Å²) >= 11 is 6.13. The first-order valence-corrected chi connectivity index (χ1v) is 8.22. The number of aromatic nitrogens is 2. The van der Waals surface area contributed by atoms with Crippen molar-refractivity contribution >= 4 is 23.5 Å². The number of morpholine rings is 1. The first kappa shape index (κ1) is 16.7. The minimum atomic E-state index is -0.194. The fourth-order valence-electron chi connectivity index (χ4n) is 2.53. The molecule has 1 N–H and O–H groups in total. The normalized spacial score (nSPS) is 17.6. The molecule has 0 radical (unpaired) electrons. The van der Waals surface area contributed by atoms with Gasteiger partial charge in [-0.3, -0.25) is 4.79 Å². The van der Waals surface area contributed by atoms with Crippen LogP contribution in [0.15, 0.2) is 36.5 Å². The Hall–Kier alpha value is -2.18. The standard InChI is InChI=1S/C17H19ClN4O2/c1-12-11-22(7-8-24-12)16(23)15-14(18)10-20-17(21-15)19-9-13-5-3-2-4-6-13/h2-6,10,12H,7-9,11H2,1H3,(H,19,20,21)/t12-/m0/s1. The van der Waals surface area contributed by atoms with Crippen LogP contribution >= 0.6 is 11.6 Å². The van der Waals surface area contributed by atoms with Gasteiger partial charge in [0.15, 0.2) is 5.69 Å². The third kappa shape index (κ3) is 4.01. The molecule has 0 spiro atoms. The molecule has 2 heterocycles. The number of ether oxygens (including phenoxy) is 1. The quantitative estimate of drug-likeness (QED) is 0.921. The van der Waals surface area contributed by atoms with Crippen LogP contribution in [0.4, 0.5) is 5.95 Å². The third-order valence-electron chi connectivity index (χ3n) is 3.77. The zero-order valence-electron chi connectivity index (χ0n) is 13.4. The van der Waals surface area contributed by atoms with Crippen molar-refractivity contribution in [3.63, 3.8) is 0 Å². The van der Waals surface area contributed by atoms with Gasteiger partial charge in [-0.15, -0.1) is 0 Å². The first-order chi connectivity index (χ1) is 11.6. The topological polar surface area (TPSA) is 67.4 Å². The Bertz CT molecular complexity index is 711. The van der Waals surface area contributed by atoms with Crippen LogP contribution in [0.5, 0.6) is 0 Å². The molecule has 24 heavy (non-hydrogen) atoms. The Kier molecular flexibility index (Phi) is 5.27. The number of amides is 1. The number of hydrogen-bond acceptors (Lipinski definition) is 5. The van der Waals surface area contributed by atoms with E-state index in [2.05, 4.69) is 15.3 Å². The van der Waals surface area contributed by atoms with E-state index in [-0.39, 0.29) is 22.7 Å². The number of carbonyl (C=O) groups excluding carboxylic acids is 1. The summed E-state index contributed by atoms with van der Waals surface area (Å²) in [6.07, 6.45) is 1.47. The number of benzene rings is 1. The smallest absolute Gasteiger partial charge is 0.274 e. The third-order valence-corrected chi connectivity index (χ3v) is 4.05. The van der Waals surface area contributed by atoms with E-state index in [0.717, 1.165) is 5.56 Å². The number of anilines is 1. The van der Waals surface area contributed by atoms with E-state index in [9.17, 15) is 4.79 Å². The molecule has 0 bridgehead atoms. The molecule has 0 unspecified atom stereocenters. The molecular weight excluding hydrogens is 328 g/mol. The van der Waals surface area contributed by atoms with Crippen molar-refractivity contribution in [3.05, 3.63) is 52.8 Å². The monoisotopic (exact) mass is 346 g/mol. The molecule has 2 aromatic rings. The maximum Gasteiger partial charge on any atom is 0.274 e. The van der Waals surface area contributed by atoms with E-state index in [1.54, 1.807) is 4.90 Å². The Morgan fingerprint density at radius 3 is 2.96 bits per heavy atom. The molecule has 0 aliphatic carbocycles. The summed E-state index contributed by atoms with van der Waals surface area (Å²) in [6, 6.07) is 9.90. The Morgan fingerprint density at radius 1 is 1.42 bits per heavy atom. The van der Waals surface area contributed by atoms with E-state index < -0.39 is 0 Å². The second kappa shape index (κ2) is 7.59. The van der Waals surface area contributed by atoms with Gasteiger partial charge in [0, 0.05) is 19.6 Å². The molecule has 7 heteroatoms. The number of hydrogen-bond donors (Lipinski definition) is 1. The molecule has 1 aromatic carbocycles. The molecule has 6 nitrogen and oxygen atoms in total. The predicted octanol–water partition coefficient (Wildman–Crippen LogP) is 2.60. The summed E-state index contributed by atoms with van der Waals surface area (Å²) in [4.78, 5) is 22.8. The van der Waals surface area contributed by atoms with Crippen molar-refractivity contribution < 1.29 is 9.53 Å². The number of nitrogens with one attached hydrogen (secondary N) is 1. The molecule has 1 aliphatic heterocycles. The van der Waals surface area contributed by atoms with E-state index >= 15 is 0 Å². The van der Waals surface area contributed by atoms with Crippen LogP contribution in [0.2, 0.25) is 5.02 Å². The number of carbonyl (C=O) groups is 1. The molecule has 1 saturated heterocycles. The molecule has 3 rings (SSSR count). The van der Waals surface area contributed by atoms with Gasteiger partial charge in [-0.05, 0) is 12.5 Å². The minimum absolute atomic E-state index is 0.0130. The summed E-state index contributed by atoms with van der Waals surface area (Å²) < 4.78 is 5.46. The van der Waals surface area contributed by atoms with Gasteiger partial charge < -0.3 is 15.0 Å². The lowest BCUT2D eigenvalue weighted by Gasteiger charge is -2.31. The van der Waals surface area contributed by atoms with Crippen molar-refractivity contribution in [1.82, 2.24) is 14.9 Å². The maximum absolute atomic E-state index is 12.7. The van der Waals surface area contributed by atoms with Crippen LogP contribution in [0.3, 0.4) is 0 Å². The van der Waals surface area contributed by atoms with Crippen LogP contribution in [0.25, 0.3) is 0 Å². The summed E-state index contributed by atoms with van der Waals surface area (Å²) in [5, 5.41) is 3.37. The van der Waals surface area contributed by atoms with Gasteiger partial charge in [0.25, 0.3) is 5.91 Å². The van der Waals surface area contributed by atoms with Gasteiger partial charge in [-0.1, -0.05) is 41.9 Å². The Labute approximate surface area is 145 Å². The van der Waals surface area contributed by atoms with Crippen molar-refractivity contribution in [2.45, 2.75) is 19.6 Å². The molecule has 1 amide bonds. The lowest BCUT2D eigenvalue weighted by molar-refractivity contribution is -0.0126. The van der Waals surface area contributed by atoms with Crippen molar-refractivity contribution in [3.8, 4) is 0 Å².